The summed E-state index contributed by atoms with van der Waals surface area (Å²) in [6.45, 7) is 17.0. The average Bonchev–Trinajstić information content (AvgIpc) is 3.44. The van der Waals surface area contributed by atoms with Crippen LogP contribution in [-0.4, -0.2) is 70.9 Å². The molecule has 0 aliphatic heterocycles. The summed E-state index contributed by atoms with van der Waals surface area (Å²) in [5.74, 6) is 3.92. The van der Waals surface area contributed by atoms with Crippen molar-refractivity contribution in [2.24, 2.45) is 63.5 Å². The minimum absolute atomic E-state index is 0. The predicted molar refractivity (Wildman–Crippen MR) is 208 cm³/mol. The van der Waals surface area contributed by atoms with E-state index in [-0.39, 0.29) is 17.8 Å². The van der Waals surface area contributed by atoms with Gasteiger partial charge in [-0.05, 0) is 157 Å². The molecule has 290 valence electrons. The molecule has 8 heteroatoms. The van der Waals surface area contributed by atoms with Gasteiger partial charge in [-0.2, -0.15) is 0 Å². The lowest BCUT2D eigenvalue weighted by molar-refractivity contribution is -0.227. The van der Waals surface area contributed by atoms with Gasteiger partial charge in [-0.3, -0.25) is 0 Å². The van der Waals surface area contributed by atoms with E-state index in [0.29, 0.717) is 78.9 Å². The Bertz CT molecular complexity index is 886. The first-order valence-corrected chi connectivity index (χ1v) is 21.0. The molecule has 0 aromatic carbocycles. The third-order valence-corrected chi connectivity index (χ3v) is 14.2. The van der Waals surface area contributed by atoms with Crippen molar-refractivity contribution >= 4 is 12.4 Å². The minimum Gasteiger partial charge on any atom is -0.378 e. The largest absolute Gasteiger partial charge is 0.378 e. The highest BCUT2D eigenvalue weighted by molar-refractivity contribution is 5.85. The number of hydrogen-bond donors (Lipinski definition) is 4. The van der Waals surface area contributed by atoms with Crippen LogP contribution in [0, 0.1) is 46.3 Å². The van der Waals surface area contributed by atoms with E-state index in [1.165, 1.54) is 96.4 Å². The normalized spacial score (nSPS) is 36.1. The van der Waals surface area contributed by atoms with Crippen molar-refractivity contribution in [1.82, 2.24) is 5.32 Å². The second-order valence-electron chi connectivity index (χ2n) is 17.1. The lowest BCUT2D eigenvalue weighted by Gasteiger charge is -2.65. The van der Waals surface area contributed by atoms with Crippen LogP contribution in [0.3, 0.4) is 0 Å². The van der Waals surface area contributed by atoms with Gasteiger partial charge in [0.15, 0.2) is 0 Å². The van der Waals surface area contributed by atoms with E-state index >= 15 is 0 Å². The van der Waals surface area contributed by atoms with E-state index in [1.54, 1.807) is 0 Å². The standard InChI is InChI=1S/C41H80N4O3.ClH/c1-5-6-7-8-9-10-23-45-24-11-15-31(2)34-16-17-35-39-36(30-38(41(34,35)4)48-27-14-22-44)40(3)19-18-33(46-25-12-20-42)28-32(40)29-37(39)47-26-13-21-43;/h31-39,45H,5-30,42-44H2,1-4H3;1H/t31-,32?,33-,34-,35+,36+,37-,38+,39?,40+,41-;/m1./s1. The van der Waals surface area contributed by atoms with Gasteiger partial charge in [-0.15, -0.1) is 12.4 Å². The number of halogens is 1. The molecule has 2 unspecified atom stereocenters. The van der Waals surface area contributed by atoms with Crippen molar-refractivity contribution in [2.45, 2.75) is 162 Å². The smallest absolute Gasteiger partial charge is 0.0637 e. The molecule has 0 amide bonds. The minimum atomic E-state index is 0. The molecule has 4 saturated carbocycles. The van der Waals surface area contributed by atoms with E-state index in [2.05, 4.69) is 33.0 Å². The van der Waals surface area contributed by atoms with Gasteiger partial charge >= 0.3 is 0 Å². The Morgan fingerprint density at radius 1 is 0.714 bits per heavy atom. The van der Waals surface area contributed by atoms with Gasteiger partial charge in [0.1, 0.15) is 0 Å². The molecule has 0 saturated heterocycles. The molecule has 0 heterocycles. The fourth-order valence-corrected chi connectivity index (χ4v) is 11.5. The quantitative estimate of drug-likeness (QED) is 0.0753. The molecule has 0 aromatic rings. The molecule has 7 nitrogen and oxygen atoms in total. The number of nitrogens with two attached hydrogens (primary N) is 3. The molecule has 0 spiro atoms. The number of fused-ring (bicyclic) bond motifs is 5. The zero-order valence-corrected chi connectivity index (χ0v) is 33.3. The van der Waals surface area contributed by atoms with Gasteiger partial charge in [0.25, 0.3) is 0 Å². The molecular formula is C41H81ClN4O3. The molecule has 11 atom stereocenters. The maximum absolute atomic E-state index is 7.03. The number of nitrogens with one attached hydrogen (secondary N) is 1. The Hall–Kier alpha value is 0.01000. The second kappa shape index (κ2) is 22.3. The van der Waals surface area contributed by atoms with Crippen LogP contribution in [0.4, 0.5) is 0 Å². The van der Waals surface area contributed by atoms with E-state index < -0.39 is 0 Å². The summed E-state index contributed by atoms with van der Waals surface area (Å²) in [6, 6.07) is 0. The van der Waals surface area contributed by atoms with Crippen molar-refractivity contribution in [3.63, 3.8) is 0 Å². The fraction of sp³-hybridized carbons (Fsp3) is 1.00. The summed E-state index contributed by atoms with van der Waals surface area (Å²) in [4.78, 5) is 0. The summed E-state index contributed by atoms with van der Waals surface area (Å²) in [5.41, 5.74) is 18.3. The molecule has 7 N–H and O–H groups in total. The van der Waals surface area contributed by atoms with Crippen molar-refractivity contribution in [3.8, 4) is 0 Å². The van der Waals surface area contributed by atoms with Crippen LogP contribution in [0.2, 0.25) is 0 Å². The number of ether oxygens (including phenoxy) is 3. The van der Waals surface area contributed by atoms with Gasteiger partial charge in [0, 0.05) is 25.2 Å². The van der Waals surface area contributed by atoms with Gasteiger partial charge < -0.3 is 36.7 Å². The molecular weight excluding hydrogens is 632 g/mol. The molecule has 0 bridgehead atoms. The van der Waals surface area contributed by atoms with E-state index in [0.717, 1.165) is 52.0 Å². The first kappa shape index (κ1) is 43.4. The molecule has 4 fully saturated rings. The van der Waals surface area contributed by atoms with E-state index in [1.807, 2.05) is 0 Å². The highest BCUT2D eigenvalue weighted by Gasteiger charge is 2.66. The van der Waals surface area contributed by atoms with Crippen LogP contribution in [-0.2, 0) is 14.2 Å². The molecule has 0 aromatic heterocycles. The summed E-state index contributed by atoms with van der Waals surface area (Å²) in [7, 11) is 0. The summed E-state index contributed by atoms with van der Waals surface area (Å²) < 4.78 is 20.4. The second-order valence-corrected chi connectivity index (χ2v) is 17.1. The first-order chi connectivity index (χ1) is 23.3. The lowest BCUT2D eigenvalue weighted by Crippen LogP contribution is -2.63. The lowest BCUT2D eigenvalue weighted by atomic mass is 9.43. The zero-order valence-electron chi connectivity index (χ0n) is 32.4. The molecule has 4 aliphatic rings. The van der Waals surface area contributed by atoms with Crippen molar-refractivity contribution in [2.75, 3.05) is 52.5 Å². The zero-order chi connectivity index (χ0) is 34.4. The topological polar surface area (TPSA) is 118 Å². The Balaban J connectivity index is 0.00000650. The maximum atomic E-state index is 7.03. The highest BCUT2D eigenvalue weighted by atomic mass is 35.5. The van der Waals surface area contributed by atoms with Crippen LogP contribution < -0.4 is 22.5 Å². The SMILES string of the molecule is CCCCCCCCNCCC[C@@H](C)[C@H]1CC[C@H]2C3[C@H](OCCCN)CC4C[C@H](OCCCN)CC[C@]4(C)[C@H]3C[C@H](OCCCN)[C@]12C.Cl. The molecule has 49 heavy (non-hydrogen) atoms. The summed E-state index contributed by atoms with van der Waals surface area (Å²) >= 11 is 0. The van der Waals surface area contributed by atoms with Crippen molar-refractivity contribution in [1.29, 1.82) is 0 Å². The Morgan fingerprint density at radius 3 is 2.08 bits per heavy atom. The summed E-state index contributed by atoms with van der Waals surface area (Å²) in [5, 5.41) is 3.77. The van der Waals surface area contributed by atoms with Gasteiger partial charge in [0.2, 0.25) is 0 Å². The monoisotopic (exact) mass is 713 g/mol. The first-order valence-electron chi connectivity index (χ1n) is 21.0. The van der Waals surface area contributed by atoms with Crippen LogP contribution in [0.25, 0.3) is 0 Å². The van der Waals surface area contributed by atoms with E-state index in [9.17, 15) is 0 Å². The predicted octanol–water partition coefficient (Wildman–Crippen LogP) is 7.86. The van der Waals surface area contributed by atoms with Crippen LogP contribution in [0.15, 0.2) is 0 Å². The fourth-order valence-electron chi connectivity index (χ4n) is 11.5. The van der Waals surface area contributed by atoms with Gasteiger partial charge in [-0.1, -0.05) is 59.8 Å². The van der Waals surface area contributed by atoms with Gasteiger partial charge in [-0.25, -0.2) is 0 Å². The van der Waals surface area contributed by atoms with Crippen LogP contribution in [0.5, 0.6) is 0 Å². The highest BCUT2D eigenvalue weighted by Crippen LogP contribution is 2.69. The van der Waals surface area contributed by atoms with Crippen LogP contribution >= 0.6 is 12.4 Å². The van der Waals surface area contributed by atoms with Crippen LogP contribution in [0.1, 0.15) is 143 Å². The number of hydrogen-bond acceptors (Lipinski definition) is 7. The number of unbranched alkanes of at least 4 members (excludes halogenated alkanes) is 5. The third kappa shape index (κ3) is 11.0. The number of rotatable bonds is 24. The van der Waals surface area contributed by atoms with Gasteiger partial charge in [0.05, 0.1) is 18.3 Å². The molecule has 4 aliphatic carbocycles. The third-order valence-electron chi connectivity index (χ3n) is 14.2. The summed E-state index contributed by atoms with van der Waals surface area (Å²) in [6.07, 6.45) is 23.2. The molecule has 4 rings (SSSR count). The Kier molecular flexibility index (Phi) is 19.7. The maximum Gasteiger partial charge on any atom is 0.0637 e. The Labute approximate surface area is 308 Å². The van der Waals surface area contributed by atoms with Crippen molar-refractivity contribution in [3.05, 3.63) is 0 Å². The Morgan fingerprint density at radius 2 is 1.37 bits per heavy atom. The average molecular weight is 714 g/mol. The van der Waals surface area contributed by atoms with Crippen molar-refractivity contribution < 1.29 is 14.2 Å². The van der Waals surface area contributed by atoms with E-state index in [4.69, 9.17) is 31.4 Å². The molecule has 0 radical (unpaired) electrons.